The van der Waals surface area contributed by atoms with Crippen molar-refractivity contribution in [1.82, 2.24) is 0 Å². The Bertz CT molecular complexity index is 648. The van der Waals surface area contributed by atoms with Crippen LogP contribution < -0.4 is 4.74 Å². The van der Waals surface area contributed by atoms with E-state index >= 15 is 0 Å². The number of ether oxygens (including phenoxy) is 1. The van der Waals surface area contributed by atoms with Gasteiger partial charge in [-0.1, -0.05) is 47.0 Å². The number of nitrogens with zero attached hydrogens (tertiary/aromatic N) is 1. The Morgan fingerprint density at radius 1 is 1.15 bits per heavy atom. The van der Waals surface area contributed by atoms with E-state index in [-0.39, 0.29) is 11.4 Å². The van der Waals surface area contributed by atoms with Crippen LogP contribution in [-0.4, -0.2) is 16.7 Å². The van der Waals surface area contributed by atoms with Gasteiger partial charge in [-0.05, 0) is 75.9 Å². The molecule has 2 rings (SSSR count). The Kier molecular flexibility index (Phi) is 9.03. The smallest absolute Gasteiger partial charge is 0.311 e. The van der Waals surface area contributed by atoms with E-state index < -0.39 is 0 Å². The van der Waals surface area contributed by atoms with Crippen LogP contribution in [0.15, 0.2) is 17.1 Å². The maximum Gasteiger partial charge on any atom is 0.311 e. The summed E-state index contributed by atoms with van der Waals surface area (Å²) in [7, 11) is 0. The van der Waals surface area contributed by atoms with Crippen LogP contribution in [0, 0.1) is 8.99 Å². The van der Waals surface area contributed by atoms with Crippen molar-refractivity contribution in [2.75, 3.05) is 6.54 Å². The minimum Gasteiger partial charge on any atom is -0.492 e. The van der Waals surface area contributed by atoms with Crippen LogP contribution >= 0.6 is 45.2 Å². The van der Waals surface area contributed by atoms with Crippen LogP contribution in [0.3, 0.4) is 0 Å². The Morgan fingerprint density at radius 2 is 1.70 bits per heavy atom. The van der Waals surface area contributed by atoms with Crippen LogP contribution in [0.5, 0.6) is 5.75 Å². The quantitative estimate of drug-likeness (QED) is 0.111. The predicted molar refractivity (Wildman–Crippen MR) is 129 cm³/mol. The molecule has 1 fully saturated rings. The molecule has 150 valence electrons. The molecule has 0 N–H and O–H groups in total. The molecule has 0 atom stereocenters. The second-order valence-electron chi connectivity index (χ2n) is 8.34. The highest BCUT2D eigenvalue weighted by Crippen LogP contribution is 2.41. The highest BCUT2D eigenvalue weighted by Gasteiger charge is 2.34. The fraction of sp³-hybridized carbons (Fsp3) is 0.636. The number of aliphatic imine (C=N–C) groups is 1. The van der Waals surface area contributed by atoms with Crippen LogP contribution in [0.4, 0.5) is 0 Å². The first-order chi connectivity index (χ1) is 12.8. The zero-order chi connectivity index (χ0) is 20.0. The topological polar surface area (TPSA) is 38.7 Å². The molecule has 5 heteroatoms. The monoisotopic (exact) mass is 594 g/mol. The summed E-state index contributed by atoms with van der Waals surface area (Å²) < 4.78 is 10.1. The molecule has 1 saturated carbocycles. The van der Waals surface area contributed by atoms with E-state index in [0.717, 1.165) is 29.7 Å². The number of rotatable bonds is 7. The molecular weight excluding hydrogens is 564 g/mol. The fourth-order valence-corrected chi connectivity index (χ4v) is 4.80. The molecule has 27 heavy (non-hydrogen) atoms. The van der Waals surface area contributed by atoms with Crippen molar-refractivity contribution in [3.63, 3.8) is 0 Å². The van der Waals surface area contributed by atoms with E-state index in [1.54, 1.807) is 0 Å². The lowest BCUT2D eigenvalue weighted by molar-refractivity contribution is -0.137. The van der Waals surface area contributed by atoms with Crippen LogP contribution in [0.25, 0.3) is 0 Å². The highest BCUT2D eigenvalue weighted by molar-refractivity contribution is 14.1. The summed E-state index contributed by atoms with van der Waals surface area (Å²) in [5.74, 6) is 1.27. The number of esters is 1. The van der Waals surface area contributed by atoms with Crippen LogP contribution in [0.2, 0.25) is 0 Å². The van der Waals surface area contributed by atoms with E-state index in [9.17, 15) is 4.79 Å². The van der Waals surface area contributed by atoms with E-state index in [1.807, 2.05) is 22.6 Å². The summed E-state index contributed by atoms with van der Waals surface area (Å²) in [6.07, 6.45) is 6.12. The lowest BCUT2D eigenvalue weighted by Crippen LogP contribution is -2.32. The molecule has 1 aromatic rings. The molecule has 0 saturated heterocycles. The predicted octanol–water partition coefficient (Wildman–Crippen LogP) is 7.12. The summed E-state index contributed by atoms with van der Waals surface area (Å²) >= 11 is 4.38. The highest BCUT2D eigenvalue weighted by atomic mass is 127. The molecule has 0 heterocycles. The number of halogens is 2. The van der Waals surface area contributed by atoms with Gasteiger partial charge in [0.15, 0.2) is 0 Å². The third kappa shape index (κ3) is 6.41. The van der Waals surface area contributed by atoms with Gasteiger partial charge in [-0.25, -0.2) is 0 Å². The molecule has 0 radical (unpaired) electrons. The first-order valence-corrected chi connectivity index (χ1v) is 12.0. The van der Waals surface area contributed by atoms with Gasteiger partial charge in [0.1, 0.15) is 5.75 Å². The van der Waals surface area contributed by atoms with Crippen molar-refractivity contribution < 1.29 is 9.53 Å². The van der Waals surface area contributed by atoms with Crippen molar-refractivity contribution >= 4 is 55.4 Å². The van der Waals surface area contributed by atoms with Gasteiger partial charge in [0.05, 0.1) is 6.42 Å². The van der Waals surface area contributed by atoms with Gasteiger partial charge in [0.25, 0.3) is 0 Å². The molecule has 0 bridgehead atoms. The van der Waals surface area contributed by atoms with Crippen molar-refractivity contribution in [3.8, 4) is 5.75 Å². The molecule has 0 unspecified atom stereocenters. The van der Waals surface area contributed by atoms with E-state index in [2.05, 4.69) is 71.6 Å². The van der Waals surface area contributed by atoms with Crippen molar-refractivity contribution in [2.45, 2.75) is 78.1 Å². The van der Waals surface area contributed by atoms with Gasteiger partial charge in [-0.15, -0.1) is 0 Å². The standard InChI is InChI=1S/C22H30I2NO2/c1-15(2)18-10-17(24)11-19(16(3)4)21(18)27-20(26)12-22(13-25-14-23)8-6-5-7-9-22/h10-11,15-16H,5-9,12-13H2,1-4H3/q-1. The van der Waals surface area contributed by atoms with Crippen molar-refractivity contribution in [3.05, 3.63) is 26.8 Å². The largest absolute Gasteiger partial charge is 0.492 e. The summed E-state index contributed by atoms with van der Waals surface area (Å²) in [6.45, 7) is 9.29. The lowest BCUT2D eigenvalue weighted by atomic mass is 9.72. The van der Waals surface area contributed by atoms with Gasteiger partial charge in [0, 0.05) is 10.1 Å². The van der Waals surface area contributed by atoms with E-state index in [1.165, 1.54) is 22.8 Å². The number of carbonyl (C=O) groups excluding carboxylic acids is 1. The molecule has 0 spiro atoms. The Morgan fingerprint density at radius 3 is 2.19 bits per heavy atom. The average Bonchev–Trinajstić information content (AvgIpc) is 2.61. The van der Waals surface area contributed by atoms with Gasteiger partial charge in [0.2, 0.25) is 0 Å². The molecule has 0 aliphatic heterocycles. The molecule has 0 aromatic heterocycles. The van der Waals surface area contributed by atoms with Crippen molar-refractivity contribution in [1.29, 1.82) is 0 Å². The van der Waals surface area contributed by atoms with E-state index in [4.69, 9.17) is 4.74 Å². The summed E-state index contributed by atoms with van der Waals surface area (Å²) in [5, 5.41) is 0. The number of carbonyl (C=O) groups is 1. The number of benzene rings is 1. The average molecular weight is 594 g/mol. The maximum atomic E-state index is 13.0. The molecular formula is C22H30I2NO2-. The maximum absolute atomic E-state index is 13.0. The zero-order valence-electron chi connectivity index (χ0n) is 16.8. The minimum atomic E-state index is -0.120. The summed E-state index contributed by atoms with van der Waals surface area (Å²) in [5.41, 5.74) is 2.18. The SMILES string of the molecule is CC(C)c1cc(I)cc(C(C)C)c1OC(=O)CC1(CN=[C-]I)CCCCC1. The molecule has 1 aliphatic carbocycles. The summed E-state index contributed by atoms with van der Waals surface area (Å²) in [4.78, 5) is 17.4. The second-order valence-corrected chi connectivity index (χ2v) is 10.1. The van der Waals surface area contributed by atoms with Crippen molar-refractivity contribution in [2.24, 2.45) is 10.4 Å². The van der Waals surface area contributed by atoms with Crippen LogP contribution in [0.1, 0.15) is 89.2 Å². The second kappa shape index (κ2) is 10.6. The fourth-order valence-electron chi connectivity index (χ4n) is 3.96. The molecule has 0 amide bonds. The molecule has 3 nitrogen and oxygen atoms in total. The van der Waals surface area contributed by atoms with Crippen LogP contribution in [-0.2, 0) is 4.79 Å². The Balaban J connectivity index is 2.28. The zero-order valence-corrected chi connectivity index (χ0v) is 21.1. The van der Waals surface area contributed by atoms with Gasteiger partial charge in [-0.3, -0.25) is 27.4 Å². The molecule has 1 aliphatic rings. The Hall–Kier alpha value is -0.180. The first-order valence-electron chi connectivity index (χ1n) is 9.84. The Labute approximate surface area is 191 Å². The normalized spacial score (nSPS) is 17.0. The third-order valence-corrected chi connectivity index (χ3v) is 6.44. The third-order valence-electron chi connectivity index (χ3n) is 5.48. The molecule has 1 aromatic carbocycles. The number of hydrogen-bond acceptors (Lipinski definition) is 3. The van der Waals surface area contributed by atoms with Gasteiger partial charge < -0.3 is 14.0 Å². The lowest BCUT2D eigenvalue weighted by Gasteiger charge is -2.36. The number of hydrogen-bond donors (Lipinski definition) is 0. The summed E-state index contributed by atoms with van der Waals surface area (Å²) in [6, 6.07) is 4.29. The minimum absolute atomic E-state index is 0.0628. The van der Waals surface area contributed by atoms with E-state index in [0.29, 0.717) is 24.8 Å². The first kappa shape index (κ1) is 23.1. The van der Waals surface area contributed by atoms with Gasteiger partial charge >= 0.3 is 5.97 Å². The van der Waals surface area contributed by atoms with Gasteiger partial charge in [-0.2, -0.15) is 0 Å².